The molecule has 4 heterocycles. The summed E-state index contributed by atoms with van der Waals surface area (Å²) in [6.45, 7) is 0. The van der Waals surface area contributed by atoms with Crippen molar-refractivity contribution < 1.29 is 0 Å². The van der Waals surface area contributed by atoms with Crippen LogP contribution in [0, 0.1) is 0 Å². The van der Waals surface area contributed by atoms with Crippen LogP contribution in [0.4, 0.5) is 49.1 Å². The third kappa shape index (κ3) is 9.14. The molecule has 0 aliphatic heterocycles. The van der Waals surface area contributed by atoms with Gasteiger partial charge in [-0.25, -0.2) is 0 Å². The zero-order valence-electron chi connectivity index (χ0n) is 46.0. The molecule has 16 rings (SSSR count). The van der Waals surface area contributed by atoms with Crippen LogP contribution in [-0.2, 0) is 0 Å². The number of nitrogens with zero attached hydrogens (tertiary/aromatic N) is 4. The Morgan fingerprint density at radius 2 is 0.529 bits per heavy atom. The van der Waals surface area contributed by atoms with E-state index in [1.807, 2.05) is 34.0 Å². The summed E-state index contributed by atoms with van der Waals surface area (Å²) in [4.78, 5) is 10.9. The lowest BCUT2D eigenvalue weighted by Crippen LogP contribution is -2.08. The fourth-order valence-corrected chi connectivity index (χ4v) is 15.6. The van der Waals surface area contributed by atoms with Crippen molar-refractivity contribution in [3.63, 3.8) is 0 Å². The quantitative estimate of drug-likeness (QED) is 0.114. The number of fused-ring (bicyclic) bond motifs is 6. The van der Waals surface area contributed by atoms with Gasteiger partial charge in [0.1, 0.15) is 15.0 Å². The van der Waals surface area contributed by atoms with Gasteiger partial charge in [-0.05, 0) is 182 Å². The molecular formula is C78H52N4S3. The molecule has 0 fully saturated rings. The van der Waals surface area contributed by atoms with E-state index >= 15 is 0 Å². The van der Waals surface area contributed by atoms with E-state index in [4.69, 9.17) is 0 Å². The standard InChI is InChI=1S/C78H52N4S3/c1-4-25-56(26-5-1)79(76-48-45-73(83-76)66-34-16-22-53-19-10-13-31-63(53)66)59-37-39-60(40-38-59)82-71-43-41-61(80(57-27-6-2-7-28-57)77-49-46-74(84-77)67-35-17-23-54-20-11-14-32-64(54)67)51-69(71)70-52-62(42-44-72(70)82)81(58-29-8-3-9-30-58)78-50-47-75(85-78)68-36-18-24-55-21-12-15-33-65(55)68/h1-52H. The van der Waals surface area contributed by atoms with Gasteiger partial charge in [0.15, 0.2) is 0 Å². The fourth-order valence-electron chi connectivity index (χ4n) is 12.3. The van der Waals surface area contributed by atoms with Crippen LogP contribution in [0.1, 0.15) is 0 Å². The molecule has 12 aromatic carbocycles. The maximum Gasteiger partial charge on any atom is 0.101 e. The number of rotatable bonds is 13. The Morgan fingerprint density at radius 3 is 0.906 bits per heavy atom. The minimum Gasteiger partial charge on any atom is -0.309 e. The maximum atomic E-state index is 2.45. The molecular weight excluding hydrogens is 1090 g/mol. The average Bonchev–Trinajstić information content (AvgIpc) is 2.16. The van der Waals surface area contributed by atoms with E-state index < -0.39 is 0 Å². The highest BCUT2D eigenvalue weighted by atomic mass is 32.1. The van der Waals surface area contributed by atoms with Crippen LogP contribution < -0.4 is 14.7 Å². The van der Waals surface area contributed by atoms with Crippen LogP contribution in [0.3, 0.4) is 0 Å². The van der Waals surface area contributed by atoms with Gasteiger partial charge in [0.25, 0.3) is 0 Å². The van der Waals surface area contributed by atoms with Crippen molar-refractivity contribution in [3.05, 3.63) is 315 Å². The summed E-state index contributed by atoms with van der Waals surface area (Å²) >= 11 is 5.47. The molecule has 0 bridgehead atoms. The second-order valence-electron chi connectivity index (χ2n) is 21.3. The third-order valence-corrected chi connectivity index (χ3v) is 19.6. The molecule has 0 spiro atoms. The molecule has 0 aliphatic rings. The van der Waals surface area contributed by atoms with Crippen LogP contribution >= 0.6 is 34.0 Å². The van der Waals surface area contributed by atoms with E-state index in [1.165, 1.54) is 63.6 Å². The summed E-state index contributed by atoms with van der Waals surface area (Å²) in [5.74, 6) is 0. The van der Waals surface area contributed by atoms with Crippen molar-refractivity contribution in [3.8, 4) is 37.0 Å². The SMILES string of the molecule is c1ccc(N(c2ccc(-n3c4ccc(N(c5ccccc5)c5ccc(-c6cccc7ccccc67)s5)cc4c4cc(N(c5ccccc5)c5ccc(-c6cccc7ccccc67)s5)ccc43)cc2)c2ccc(-c3cccc4ccccc34)s2)cc1. The van der Waals surface area contributed by atoms with Crippen LogP contribution in [-0.4, -0.2) is 4.57 Å². The van der Waals surface area contributed by atoms with E-state index in [0.29, 0.717) is 0 Å². The van der Waals surface area contributed by atoms with Crippen LogP contribution in [0.15, 0.2) is 315 Å². The lowest BCUT2D eigenvalue weighted by molar-refractivity contribution is 1.17. The molecule has 402 valence electrons. The summed E-state index contributed by atoms with van der Waals surface area (Å²) in [7, 11) is 0. The Labute approximate surface area is 505 Å². The van der Waals surface area contributed by atoms with Crippen molar-refractivity contribution in [2.75, 3.05) is 14.7 Å². The number of thiophene rings is 3. The number of para-hydroxylation sites is 3. The monoisotopic (exact) mass is 1140 g/mol. The minimum absolute atomic E-state index is 1.08. The zero-order chi connectivity index (χ0) is 56.2. The minimum atomic E-state index is 1.08. The van der Waals surface area contributed by atoms with Gasteiger partial charge in [-0.1, -0.05) is 182 Å². The Bertz CT molecular complexity index is 4860. The van der Waals surface area contributed by atoms with E-state index in [2.05, 4.69) is 335 Å². The first-order chi connectivity index (χ1) is 42.1. The molecule has 0 aliphatic carbocycles. The van der Waals surface area contributed by atoms with Gasteiger partial charge in [0, 0.05) is 65.2 Å². The van der Waals surface area contributed by atoms with Crippen molar-refractivity contribution in [1.29, 1.82) is 0 Å². The van der Waals surface area contributed by atoms with E-state index in [1.54, 1.807) is 0 Å². The first-order valence-corrected chi connectivity index (χ1v) is 31.1. The van der Waals surface area contributed by atoms with Gasteiger partial charge in [0.05, 0.1) is 11.0 Å². The largest absolute Gasteiger partial charge is 0.309 e. The highest BCUT2D eigenvalue weighted by Crippen LogP contribution is 2.49. The molecule has 0 N–H and O–H groups in total. The van der Waals surface area contributed by atoms with Crippen LogP contribution in [0.2, 0.25) is 0 Å². The van der Waals surface area contributed by atoms with Gasteiger partial charge in [0.2, 0.25) is 0 Å². The Morgan fingerprint density at radius 1 is 0.224 bits per heavy atom. The average molecular weight is 1140 g/mol. The molecule has 4 aromatic heterocycles. The molecule has 0 saturated carbocycles. The summed E-state index contributed by atoms with van der Waals surface area (Å²) in [5, 5.41) is 13.2. The van der Waals surface area contributed by atoms with Crippen molar-refractivity contribution in [2.24, 2.45) is 0 Å². The topological polar surface area (TPSA) is 14.7 Å². The number of hydrogen-bond acceptors (Lipinski definition) is 6. The number of hydrogen-bond donors (Lipinski definition) is 0. The Hall–Kier alpha value is -10.3. The van der Waals surface area contributed by atoms with Gasteiger partial charge in [-0.15, -0.1) is 34.0 Å². The molecule has 0 unspecified atom stereocenters. The fraction of sp³-hybridized carbons (Fsp3) is 0. The lowest BCUT2D eigenvalue weighted by atomic mass is 10.0. The lowest BCUT2D eigenvalue weighted by Gasteiger charge is -2.24. The predicted octanol–water partition coefficient (Wildman–Crippen LogP) is 23.8. The van der Waals surface area contributed by atoms with E-state index in [0.717, 1.165) is 76.6 Å². The molecule has 0 amide bonds. The van der Waals surface area contributed by atoms with Gasteiger partial charge in [-0.3, -0.25) is 0 Å². The molecule has 16 aromatic rings. The van der Waals surface area contributed by atoms with Gasteiger partial charge in [-0.2, -0.15) is 0 Å². The molecule has 7 heteroatoms. The normalized spacial score (nSPS) is 11.5. The zero-order valence-corrected chi connectivity index (χ0v) is 48.5. The summed E-state index contributed by atoms with van der Waals surface area (Å²) in [6, 6.07) is 115. The predicted molar refractivity (Wildman–Crippen MR) is 367 cm³/mol. The summed E-state index contributed by atoms with van der Waals surface area (Å²) < 4.78 is 2.45. The number of anilines is 9. The summed E-state index contributed by atoms with van der Waals surface area (Å²) in [6.07, 6.45) is 0. The smallest absolute Gasteiger partial charge is 0.101 e. The Kier molecular flexibility index (Phi) is 12.7. The van der Waals surface area contributed by atoms with Crippen molar-refractivity contribution in [1.82, 2.24) is 4.57 Å². The number of benzene rings is 12. The third-order valence-electron chi connectivity index (χ3n) is 16.3. The first-order valence-electron chi connectivity index (χ1n) is 28.6. The number of aromatic nitrogens is 1. The van der Waals surface area contributed by atoms with Gasteiger partial charge >= 0.3 is 0 Å². The highest BCUT2D eigenvalue weighted by Gasteiger charge is 2.24. The second-order valence-corrected chi connectivity index (χ2v) is 24.4. The van der Waals surface area contributed by atoms with Crippen molar-refractivity contribution in [2.45, 2.75) is 0 Å². The molecule has 0 saturated heterocycles. The highest BCUT2D eigenvalue weighted by molar-refractivity contribution is 7.20. The summed E-state index contributed by atoms with van der Waals surface area (Å²) in [5.41, 5.74) is 13.6. The second kappa shape index (κ2) is 21.5. The van der Waals surface area contributed by atoms with E-state index in [-0.39, 0.29) is 0 Å². The van der Waals surface area contributed by atoms with Crippen LogP contribution in [0.25, 0.3) is 91.1 Å². The molecule has 85 heavy (non-hydrogen) atoms. The maximum absolute atomic E-state index is 2.45. The molecule has 0 radical (unpaired) electrons. The Balaban J connectivity index is 0.857. The van der Waals surface area contributed by atoms with Crippen molar-refractivity contribution >= 4 is 137 Å². The van der Waals surface area contributed by atoms with E-state index in [9.17, 15) is 0 Å². The van der Waals surface area contributed by atoms with Crippen LogP contribution in [0.5, 0.6) is 0 Å². The van der Waals surface area contributed by atoms with Gasteiger partial charge < -0.3 is 19.3 Å². The molecule has 0 atom stereocenters. The molecule has 4 nitrogen and oxygen atoms in total. The first kappa shape index (κ1) is 50.4.